The lowest BCUT2D eigenvalue weighted by atomic mass is 9.76. The van der Waals surface area contributed by atoms with E-state index in [9.17, 15) is 0 Å². The van der Waals surface area contributed by atoms with Gasteiger partial charge in [0.1, 0.15) is 25.0 Å². The third-order valence-corrected chi connectivity index (χ3v) is 3.79. The van der Waals surface area contributed by atoms with E-state index in [4.69, 9.17) is 14.0 Å². The average Bonchev–Trinajstić information content (AvgIpc) is 2.69. The van der Waals surface area contributed by atoms with Crippen molar-refractivity contribution in [3.05, 3.63) is 23.3 Å². The lowest BCUT2D eigenvalue weighted by Crippen LogP contribution is -2.53. The highest BCUT2D eigenvalue weighted by molar-refractivity contribution is 6.64. The molecule has 3 N–H and O–H groups in total. The molecule has 2 atom stereocenters. The largest absolute Gasteiger partial charge is 0.499 e. The van der Waals surface area contributed by atoms with Gasteiger partial charge in [-0.15, -0.1) is 0 Å². The lowest BCUT2D eigenvalue weighted by molar-refractivity contribution is -0.383. The molecule has 0 aromatic heterocycles. The Morgan fingerprint density at radius 1 is 1.37 bits per heavy atom. The number of quaternary nitrogens is 1. The third-order valence-electron chi connectivity index (χ3n) is 3.79. The number of benzene rings is 1. The molecule has 0 saturated heterocycles. The second kappa shape index (κ2) is 5.15. The fourth-order valence-electron chi connectivity index (χ4n) is 2.95. The molecule has 4 nitrogen and oxygen atoms in total. The zero-order valence-electron chi connectivity index (χ0n) is 11.6. The summed E-state index contributed by atoms with van der Waals surface area (Å²) in [6.45, 7) is 5.51. The Labute approximate surface area is 114 Å². The van der Waals surface area contributed by atoms with Crippen LogP contribution in [0.3, 0.4) is 0 Å². The SMILES string of the molecule is CCCc1ccc2c3c1C(C[NH3+])OB3OC(C)CO2. The topological polar surface area (TPSA) is 55.3 Å². The lowest BCUT2D eigenvalue weighted by Gasteiger charge is -2.16. The third kappa shape index (κ3) is 2.16. The zero-order chi connectivity index (χ0) is 13.4. The van der Waals surface area contributed by atoms with Crippen LogP contribution in [0.1, 0.15) is 37.5 Å². The normalized spacial score (nSPS) is 24.9. The Hall–Kier alpha value is -1.04. The van der Waals surface area contributed by atoms with Crippen molar-refractivity contribution in [2.75, 3.05) is 13.2 Å². The van der Waals surface area contributed by atoms with Gasteiger partial charge in [-0.25, -0.2) is 0 Å². The summed E-state index contributed by atoms with van der Waals surface area (Å²) in [5, 5.41) is 0. The van der Waals surface area contributed by atoms with E-state index in [0.29, 0.717) is 6.61 Å². The molecule has 2 aliphatic heterocycles. The van der Waals surface area contributed by atoms with Crippen LogP contribution >= 0.6 is 0 Å². The maximum atomic E-state index is 6.03. The van der Waals surface area contributed by atoms with E-state index >= 15 is 0 Å². The molecular formula is C14H21BNO3+. The van der Waals surface area contributed by atoms with Crippen LogP contribution < -0.4 is 15.9 Å². The molecule has 2 aliphatic rings. The fraction of sp³-hybridized carbons (Fsp3) is 0.571. The maximum absolute atomic E-state index is 6.03. The maximum Gasteiger partial charge on any atom is 0.499 e. The van der Waals surface area contributed by atoms with Gasteiger partial charge < -0.3 is 19.8 Å². The van der Waals surface area contributed by atoms with Crippen LogP contribution in [0.4, 0.5) is 0 Å². The molecule has 0 aliphatic carbocycles. The molecule has 2 heterocycles. The molecular weight excluding hydrogens is 241 g/mol. The number of hydrogen-bond donors (Lipinski definition) is 1. The number of rotatable bonds is 3. The minimum absolute atomic E-state index is 0.0374. The minimum atomic E-state index is -0.286. The van der Waals surface area contributed by atoms with Crippen LogP contribution in [0.2, 0.25) is 0 Å². The summed E-state index contributed by atoms with van der Waals surface area (Å²) >= 11 is 0. The van der Waals surface area contributed by atoms with E-state index in [2.05, 4.69) is 24.8 Å². The summed E-state index contributed by atoms with van der Waals surface area (Å²) in [5.74, 6) is 0.917. The molecule has 0 radical (unpaired) electrons. The van der Waals surface area contributed by atoms with Gasteiger partial charge in [-0.3, -0.25) is 0 Å². The number of aryl methyl sites for hydroxylation is 1. The van der Waals surface area contributed by atoms with Crippen molar-refractivity contribution in [1.29, 1.82) is 0 Å². The first-order chi connectivity index (χ1) is 9.24. The fourth-order valence-corrected chi connectivity index (χ4v) is 2.95. The first-order valence-electron chi connectivity index (χ1n) is 7.13. The number of hydrogen-bond acceptors (Lipinski definition) is 3. The van der Waals surface area contributed by atoms with Gasteiger partial charge in [0.05, 0.1) is 6.10 Å². The Morgan fingerprint density at radius 3 is 2.95 bits per heavy atom. The Bertz CT molecular complexity index is 480. The monoisotopic (exact) mass is 262 g/mol. The standard InChI is InChI=1S/C14H20BNO3/c1-3-4-10-5-6-11-14-13(10)12(7-16)19-15(14)18-9(2)8-17-11/h5-6,9,12H,3-4,7-8,16H2,1-2H3/p+1. The summed E-state index contributed by atoms with van der Waals surface area (Å²) in [5.41, 5.74) is 7.71. The van der Waals surface area contributed by atoms with Gasteiger partial charge in [-0.05, 0) is 30.5 Å². The van der Waals surface area contributed by atoms with Gasteiger partial charge in [0.25, 0.3) is 0 Å². The second-order valence-corrected chi connectivity index (χ2v) is 5.30. The van der Waals surface area contributed by atoms with Gasteiger partial charge in [0, 0.05) is 5.46 Å². The molecule has 5 heteroatoms. The van der Waals surface area contributed by atoms with E-state index in [1.807, 2.05) is 6.92 Å². The summed E-state index contributed by atoms with van der Waals surface area (Å²) in [4.78, 5) is 0. The Balaban J connectivity index is 2.10. The van der Waals surface area contributed by atoms with E-state index in [-0.39, 0.29) is 19.3 Å². The zero-order valence-corrected chi connectivity index (χ0v) is 11.6. The molecule has 0 amide bonds. The first kappa shape index (κ1) is 13.0. The summed E-state index contributed by atoms with van der Waals surface area (Å²) in [7, 11) is -0.286. The highest BCUT2D eigenvalue weighted by Gasteiger charge is 2.44. The Morgan fingerprint density at radius 2 is 2.21 bits per heavy atom. The van der Waals surface area contributed by atoms with Crippen molar-refractivity contribution >= 4 is 12.6 Å². The molecule has 0 fully saturated rings. The van der Waals surface area contributed by atoms with Crippen molar-refractivity contribution in [3.8, 4) is 5.75 Å². The predicted octanol–water partition coefficient (Wildman–Crippen LogP) is 0.445. The molecule has 3 rings (SSSR count). The van der Waals surface area contributed by atoms with Gasteiger partial charge >= 0.3 is 7.12 Å². The quantitative estimate of drug-likeness (QED) is 0.804. The molecule has 2 unspecified atom stereocenters. The van der Waals surface area contributed by atoms with Crippen molar-refractivity contribution in [2.24, 2.45) is 0 Å². The molecule has 19 heavy (non-hydrogen) atoms. The van der Waals surface area contributed by atoms with Crippen LogP contribution in [0.25, 0.3) is 0 Å². The van der Waals surface area contributed by atoms with Crippen LogP contribution in [0, 0.1) is 0 Å². The molecule has 1 aromatic carbocycles. The summed E-state index contributed by atoms with van der Waals surface area (Å²) < 4.78 is 17.8. The minimum Gasteiger partial charge on any atom is -0.491 e. The van der Waals surface area contributed by atoms with Crippen molar-refractivity contribution < 1.29 is 19.8 Å². The van der Waals surface area contributed by atoms with Gasteiger partial charge in [0.2, 0.25) is 0 Å². The molecule has 0 bridgehead atoms. The van der Waals surface area contributed by atoms with E-state index in [0.717, 1.165) is 30.6 Å². The highest BCUT2D eigenvalue weighted by Crippen LogP contribution is 2.33. The van der Waals surface area contributed by atoms with Crippen LogP contribution in [-0.2, 0) is 15.7 Å². The molecule has 102 valence electrons. The highest BCUT2D eigenvalue weighted by atomic mass is 16.6. The smallest absolute Gasteiger partial charge is 0.491 e. The van der Waals surface area contributed by atoms with Crippen LogP contribution in [0.15, 0.2) is 12.1 Å². The van der Waals surface area contributed by atoms with E-state index in [1.165, 1.54) is 11.1 Å². The predicted molar refractivity (Wildman–Crippen MR) is 73.4 cm³/mol. The van der Waals surface area contributed by atoms with Crippen molar-refractivity contribution in [3.63, 3.8) is 0 Å². The van der Waals surface area contributed by atoms with Crippen LogP contribution in [-0.4, -0.2) is 26.4 Å². The molecule has 1 aromatic rings. The summed E-state index contributed by atoms with van der Waals surface area (Å²) in [6, 6.07) is 4.23. The van der Waals surface area contributed by atoms with Gasteiger partial charge in [-0.2, -0.15) is 0 Å². The van der Waals surface area contributed by atoms with Crippen LogP contribution in [0.5, 0.6) is 5.75 Å². The van der Waals surface area contributed by atoms with Crippen molar-refractivity contribution in [2.45, 2.75) is 38.9 Å². The van der Waals surface area contributed by atoms with Crippen molar-refractivity contribution in [1.82, 2.24) is 0 Å². The van der Waals surface area contributed by atoms with Gasteiger partial charge in [0.15, 0.2) is 0 Å². The first-order valence-corrected chi connectivity index (χ1v) is 7.13. The Kier molecular flexibility index (Phi) is 3.52. The number of ether oxygens (including phenoxy) is 1. The second-order valence-electron chi connectivity index (χ2n) is 5.30. The molecule has 0 spiro atoms. The average molecular weight is 262 g/mol. The van der Waals surface area contributed by atoms with Gasteiger partial charge in [-0.1, -0.05) is 19.4 Å². The molecule has 0 saturated carbocycles. The summed E-state index contributed by atoms with van der Waals surface area (Å²) in [6.07, 6.45) is 2.27. The van der Waals surface area contributed by atoms with E-state index in [1.54, 1.807) is 0 Å². The van der Waals surface area contributed by atoms with E-state index < -0.39 is 0 Å².